The van der Waals surface area contributed by atoms with E-state index >= 15 is 0 Å². The highest BCUT2D eigenvalue weighted by Gasteiger charge is 2.31. The number of halogens is 1. The van der Waals surface area contributed by atoms with Gasteiger partial charge in [-0.15, -0.1) is 0 Å². The number of para-hydroxylation sites is 2. The number of nitrogens with one attached hydrogen (secondary N) is 1. The SMILES string of the molecule is CCCCOC(=O)N1CCN(C(=O)[C@H](Cc2ccc(I)cc2)NC(=O)OC(C)(C)C)CC1.OB(O)c1ccccc1Oc1ccccc1. The predicted molar refractivity (Wildman–Crippen MR) is 193 cm³/mol. The number of rotatable bonds is 10. The number of alkyl carbamates (subject to hydrolysis) is 1. The van der Waals surface area contributed by atoms with Crippen LogP contribution in [-0.4, -0.2) is 89.5 Å². The molecule has 3 aromatic rings. The van der Waals surface area contributed by atoms with Crippen LogP contribution in [0.5, 0.6) is 11.5 Å². The molecule has 1 aliphatic heterocycles. The maximum Gasteiger partial charge on any atom is 0.492 e. The Balaban J connectivity index is 0.000000324. The van der Waals surface area contributed by atoms with Gasteiger partial charge in [-0.2, -0.15) is 0 Å². The summed E-state index contributed by atoms with van der Waals surface area (Å²) in [6, 6.07) is 23.1. The minimum Gasteiger partial charge on any atom is -0.458 e. The molecule has 0 bridgehead atoms. The zero-order valence-electron chi connectivity index (χ0n) is 27.9. The normalized spacial score (nSPS) is 13.4. The lowest BCUT2D eigenvalue weighted by Crippen LogP contribution is -2.56. The summed E-state index contributed by atoms with van der Waals surface area (Å²) in [6.45, 7) is 9.37. The number of carbonyl (C=O) groups excluding carboxylic acids is 3. The molecule has 1 heterocycles. The van der Waals surface area contributed by atoms with Crippen molar-refractivity contribution in [2.24, 2.45) is 0 Å². The molecular weight excluding hydrogens is 728 g/mol. The third-order valence-electron chi connectivity index (χ3n) is 7.08. The van der Waals surface area contributed by atoms with Crippen LogP contribution in [0.15, 0.2) is 78.9 Å². The number of unbranched alkanes of at least 4 members (excludes halogenated alkanes) is 1. The van der Waals surface area contributed by atoms with Crippen LogP contribution in [0.2, 0.25) is 0 Å². The fourth-order valence-electron chi connectivity index (χ4n) is 4.63. The van der Waals surface area contributed by atoms with Gasteiger partial charge < -0.3 is 39.4 Å². The summed E-state index contributed by atoms with van der Waals surface area (Å²) in [7, 11) is -1.53. The molecule has 13 heteroatoms. The first kappa shape index (κ1) is 38.6. The van der Waals surface area contributed by atoms with E-state index in [-0.39, 0.29) is 12.0 Å². The summed E-state index contributed by atoms with van der Waals surface area (Å²) in [5, 5.41) is 21.1. The molecule has 1 fully saturated rings. The zero-order valence-corrected chi connectivity index (χ0v) is 30.1. The molecule has 1 aliphatic rings. The Labute approximate surface area is 296 Å². The minimum absolute atomic E-state index is 0.187. The first-order valence-corrected chi connectivity index (χ1v) is 17.1. The highest BCUT2D eigenvalue weighted by Crippen LogP contribution is 2.19. The third-order valence-corrected chi connectivity index (χ3v) is 7.80. The standard InChI is InChI=1S/C23H34IN3O5.C12H11BO3/c1-5-6-15-31-22(30)27-13-11-26(12-14-27)20(28)19(25-21(29)32-23(2,3)4)16-17-7-9-18(24)10-8-17;14-13(15)11-8-4-5-9-12(11)16-10-6-2-1-3-7-10/h7-10,19H,5-6,11-16H2,1-4H3,(H,25,29);1-9,14-15H/t19-;/m0./s1. The van der Waals surface area contributed by atoms with Gasteiger partial charge in [0.25, 0.3) is 0 Å². The summed E-state index contributed by atoms with van der Waals surface area (Å²) < 4.78 is 17.3. The van der Waals surface area contributed by atoms with Crippen molar-refractivity contribution in [1.82, 2.24) is 15.1 Å². The second-order valence-corrected chi connectivity index (χ2v) is 13.4. The molecule has 0 aromatic heterocycles. The molecule has 0 aliphatic carbocycles. The van der Waals surface area contributed by atoms with Crippen molar-refractivity contribution in [3.8, 4) is 11.5 Å². The van der Waals surface area contributed by atoms with E-state index < -0.39 is 24.9 Å². The van der Waals surface area contributed by atoms with Gasteiger partial charge in [-0.05, 0) is 85.7 Å². The van der Waals surface area contributed by atoms with Crippen LogP contribution in [0, 0.1) is 3.57 Å². The molecule has 0 radical (unpaired) electrons. The number of amides is 3. The second-order valence-electron chi connectivity index (χ2n) is 12.1. The van der Waals surface area contributed by atoms with Gasteiger partial charge in [0.1, 0.15) is 23.1 Å². The fourth-order valence-corrected chi connectivity index (χ4v) is 4.99. The Hall–Kier alpha value is -3.82. The Kier molecular flexibility index (Phi) is 15.5. The molecule has 1 atom stereocenters. The first-order chi connectivity index (χ1) is 22.9. The van der Waals surface area contributed by atoms with E-state index in [2.05, 4.69) is 27.9 Å². The van der Waals surface area contributed by atoms with Gasteiger partial charge in [0.2, 0.25) is 5.91 Å². The van der Waals surface area contributed by atoms with Gasteiger partial charge in [-0.1, -0.05) is 61.9 Å². The van der Waals surface area contributed by atoms with Crippen molar-refractivity contribution in [1.29, 1.82) is 0 Å². The maximum absolute atomic E-state index is 13.3. The Morgan fingerprint density at radius 3 is 2.10 bits per heavy atom. The van der Waals surface area contributed by atoms with Crippen LogP contribution in [0.4, 0.5) is 9.59 Å². The molecule has 0 unspecified atom stereocenters. The lowest BCUT2D eigenvalue weighted by Gasteiger charge is -2.36. The lowest BCUT2D eigenvalue weighted by atomic mass is 9.79. The van der Waals surface area contributed by atoms with Crippen molar-refractivity contribution in [2.75, 3.05) is 32.8 Å². The number of carbonyl (C=O) groups is 3. The molecule has 3 aromatic carbocycles. The maximum atomic E-state index is 13.3. The molecule has 4 rings (SSSR count). The van der Waals surface area contributed by atoms with Gasteiger partial charge in [-0.3, -0.25) is 4.79 Å². The number of hydrogen-bond acceptors (Lipinski definition) is 8. The summed E-state index contributed by atoms with van der Waals surface area (Å²) in [5.41, 5.74) is 0.633. The molecule has 48 heavy (non-hydrogen) atoms. The quantitative estimate of drug-likeness (QED) is 0.149. The van der Waals surface area contributed by atoms with Gasteiger partial charge in [-0.25, -0.2) is 9.59 Å². The van der Waals surface area contributed by atoms with Crippen LogP contribution in [0.1, 0.15) is 46.1 Å². The van der Waals surface area contributed by atoms with E-state index in [9.17, 15) is 14.4 Å². The average Bonchev–Trinajstić information content (AvgIpc) is 3.05. The average molecular weight is 773 g/mol. The van der Waals surface area contributed by atoms with Crippen LogP contribution >= 0.6 is 22.6 Å². The van der Waals surface area contributed by atoms with Crippen LogP contribution in [-0.2, 0) is 20.7 Å². The molecule has 0 spiro atoms. The number of ether oxygens (including phenoxy) is 3. The topological polar surface area (TPSA) is 138 Å². The second kappa shape index (κ2) is 19.2. The third kappa shape index (κ3) is 13.4. The largest absolute Gasteiger partial charge is 0.492 e. The van der Waals surface area contributed by atoms with Gasteiger partial charge in [0.15, 0.2) is 0 Å². The molecule has 0 saturated carbocycles. The zero-order chi connectivity index (χ0) is 35.1. The van der Waals surface area contributed by atoms with Crippen molar-refractivity contribution in [3.05, 3.63) is 88.0 Å². The summed E-state index contributed by atoms with van der Waals surface area (Å²) >= 11 is 2.22. The first-order valence-electron chi connectivity index (χ1n) is 16.0. The Bertz CT molecular complexity index is 1450. The van der Waals surface area contributed by atoms with E-state index in [1.54, 1.807) is 67.0 Å². The van der Waals surface area contributed by atoms with Crippen molar-refractivity contribution in [2.45, 2.75) is 58.6 Å². The highest BCUT2D eigenvalue weighted by atomic mass is 127. The number of benzene rings is 3. The van der Waals surface area contributed by atoms with E-state index in [1.807, 2.05) is 49.4 Å². The van der Waals surface area contributed by atoms with Crippen LogP contribution in [0.3, 0.4) is 0 Å². The highest BCUT2D eigenvalue weighted by molar-refractivity contribution is 14.1. The van der Waals surface area contributed by atoms with E-state index in [0.29, 0.717) is 56.2 Å². The number of piperazine rings is 1. The predicted octanol–water partition coefficient (Wildman–Crippen LogP) is 4.97. The number of hydrogen-bond donors (Lipinski definition) is 3. The summed E-state index contributed by atoms with van der Waals surface area (Å²) in [6.07, 6.45) is 1.18. The van der Waals surface area contributed by atoms with E-state index in [0.717, 1.165) is 22.0 Å². The van der Waals surface area contributed by atoms with Crippen molar-refractivity contribution in [3.63, 3.8) is 0 Å². The molecule has 258 valence electrons. The Morgan fingerprint density at radius 1 is 0.896 bits per heavy atom. The monoisotopic (exact) mass is 773 g/mol. The van der Waals surface area contributed by atoms with Crippen LogP contribution in [0.25, 0.3) is 0 Å². The lowest BCUT2D eigenvalue weighted by molar-refractivity contribution is -0.135. The summed E-state index contributed by atoms with van der Waals surface area (Å²) in [5.74, 6) is 0.924. The van der Waals surface area contributed by atoms with Gasteiger partial charge >= 0.3 is 19.3 Å². The minimum atomic E-state index is -1.53. The summed E-state index contributed by atoms with van der Waals surface area (Å²) in [4.78, 5) is 41.1. The van der Waals surface area contributed by atoms with Gasteiger partial charge in [0, 0.05) is 41.6 Å². The van der Waals surface area contributed by atoms with Crippen LogP contribution < -0.4 is 15.5 Å². The molecule has 11 nitrogen and oxygen atoms in total. The fraction of sp³-hybridized carbons (Fsp3) is 0.400. The van der Waals surface area contributed by atoms with E-state index in [1.165, 1.54) is 0 Å². The molecule has 3 amide bonds. The van der Waals surface area contributed by atoms with E-state index in [4.69, 9.17) is 24.3 Å². The number of nitrogens with zero attached hydrogens (tertiary/aromatic N) is 2. The van der Waals surface area contributed by atoms with Crippen molar-refractivity contribution >= 4 is 53.3 Å². The Morgan fingerprint density at radius 2 is 1.50 bits per heavy atom. The smallest absolute Gasteiger partial charge is 0.458 e. The molecule has 1 saturated heterocycles. The molecular formula is C35H45BIN3O8. The van der Waals surface area contributed by atoms with Crippen molar-refractivity contribution < 1.29 is 38.6 Å². The molecule has 3 N–H and O–H groups in total. The van der Waals surface area contributed by atoms with Gasteiger partial charge in [0.05, 0.1) is 6.61 Å².